The average Bonchev–Trinajstić information content (AvgIpc) is 2.34. The molecule has 0 aromatic rings. The predicted octanol–water partition coefficient (Wildman–Crippen LogP) is 2.46. The summed E-state index contributed by atoms with van der Waals surface area (Å²) in [6, 6.07) is 2.43. The van der Waals surface area contributed by atoms with Crippen LogP contribution in [0.25, 0.3) is 0 Å². The number of nitrogens with one attached hydrogen (secondary N) is 1. The van der Waals surface area contributed by atoms with E-state index in [2.05, 4.69) is 11.4 Å². The van der Waals surface area contributed by atoms with Crippen molar-refractivity contribution in [2.75, 3.05) is 6.61 Å². The molecule has 1 atom stereocenters. The molecular formula is C16H26N2O. The van der Waals surface area contributed by atoms with E-state index in [1.807, 2.05) is 13.8 Å². The molecule has 2 N–H and O–H groups in total. The molecule has 0 aromatic carbocycles. The number of nitrogens with zero attached hydrogens (tertiary/aromatic N) is 1. The van der Waals surface area contributed by atoms with Crippen LogP contribution in [0.15, 0.2) is 0 Å². The van der Waals surface area contributed by atoms with Gasteiger partial charge in [-0.05, 0) is 75.5 Å². The van der Waals surface area contributed by atoms with E-state index < -0.39 is 0 Å². The average molecular weight is 262 g/mol. The molecule has 4 fully saturated rings. The second kappa shape index (κ2) is 4.46. The van der Waals surface area contributed by atoms with Crippen LogP contribution in [0.2, 0.25) is 0 Å². The fraction of sp³-hybridized carbons (Fsp3) is 0.938. The van der Waals surface area contributed by atoms with Crippen LogP contribution in [0.1, 0.15) is 52.4 Å². The number of rotatable bonds is 4. The first kappa shape index (κ1) is 13.4. The zero-order valence-corrected chi connectivity index (χ0v) is 12.2. The largest absolute Gasteiger partial charge is 0.394 e. The maximum absolute atomic E-state index is 9.65. The highest BCUT2D eigenvalue weighted by Crippen LogP contribution is 2.61. The summed E-state index contributed by atoms with van der Waals surface area (Å²) in [6.45, 7) is 4.05. The van der Waals surface area contributed by atoms with Crippen LogP contribution in [0.4, 0.5) is 0 Å². The summed E-state index contributed by atoms with van der Waals surface area (Å²) < 4.78 is 0. The summed E-state index contributed by atoms with van der Waals surface area (Å²) in [6.07, 6.45) is 7.89. The Morgan fingerprint density at radius 2 is 1.68 bits per heavy atom. The molecule has 0 spiro atoms. The highest BCUT2D eigenvalue weighted by molar-refractivity contribution is 5.13. The Morgan fingerprint density at radius 3 is 2.05 bits per heavy atom. The maximum atomic E-state index is 9.65. The van der Waals surface area contributed by atoms with Gasteiger partial charge in [0, 0.05) is 5.54 Å². The second-order valence-corrected chi connectivity index (χ2v) is 8.03. The molecule has 0 amide bonds. The Hall–Kier alpha value is -0.590. The molecule has 4 aliphatic carbocycles. The Morgan fingerprint density at radius 1 is 1.21 bits per heavy atom. The van der Waals surface area contributed by atoms with Crippen molar-refractivity contribution in [2.45, 2.75) is 64.0 Å². The van der Waals surface area contributed by atoms with E-state index in [1.165, 1.54) is 38.5 Å². The van der Waals surface area contributed by atoms with Crippen molar-refractivity contribution < 1.29 is 5.11 Å². The maximum Gasteiger partial charge on any atom is 0.101 e. The highest BCUT2D eigenvalue weighted by atomic mass is 16.3. The molecule has 0 heterocycles. The first-order valence-electron chi connectivity index (χ1n) is 7.74. The van der Waals surface area contributed by atoms with Crippen molar-refractivity contribution in [3.8, 4) is 6.07 Å². The molecule has 4 aliphatic rings. The first-order valence-corrected chi connectivity index (χ1v) is 7.74. The van der Waals surface area contributed by atoms with Gasteiger partial charge in [-0.2, -0.15) is 5.26 Å². The molecule has 3 heteroatoms. The molecule has 0 aromatic heterocycles. The van der Waals surface area contributed by atoms with Gasteiger partial charge in [0.15, 0.2) is 0 Å². The molecule has 0 radical (unpaired) electrons. The van der Waals surface area contributed by atoms with Crippen molar-refractivity contribution in [2.24, 2.45) is 23.2 Å². The Kier molecular flexibility index (Phi) is 3.15. The number of hydrogen-bond acceptors (Lipinski definition) is 3. The Balaban J connectivity index is 1.81. The van der Waals surface area contributed by atoms with Gasteiger partial charge in [0.1, 0.15) is 6.04 Å². The summed E-state index contributed by atoms with van der Waals surface area (Å²) >= 11 is 0. The number of hydrogen-bond donors (Lipinski definition) is 2. The molecule has 4 bridgehead atoms. The predicted molar refractivity (Wildman–Crippen MR) is 74.3 cm³/mol. The van der Waals surface area contributed by atoms with Gasteiger partial charge in [-0.3, -0.25) is 5.32 Å². The standard InChI is InChI=1S/C16H26N2O/c1-15(2,10-19)18-14(9-17)16-6-11-3-12(7-16)5-13(4-11)8-16/h11-14,18-19H,3-8,10H2,1-2H3. The van der Waals surface area contributed by atoms with E-state index in [0.717, 1.165) is 17.8 Å². The minimum atomic E-state index is -0.357. The van der Waals surface area contributed by atoms with Crippen molar-refractivity contribution >= 4 is 0 Å². The van der Waals surface area contributed by atoms with Crippen LogP contribution in [-0.4, -0.2) is 23.3 Å². The first-order chi connectivity index (χ1) is 8.96. The van der Waals surface area contributed by atoms with Crippen LogP contribution >= 0.6 is 0 Å². The smallest absolute Gasteiger partial charge is 0.101 e. The zero-order chi connectivity index (χ0) is 13.7. The Labute approximate surface area is 116 Å². The molecule has 4 rings (SSSR count). The highest BCUT2D eigenvalue weighted by Gasteiger charge is 2.54. The monoisotopic (exact) mass is 262 g/mol. The third-order valence-corrected chi connectivity index (χ3v) is 5.76. The fourth-order valence-corrected chi connectivity index (χ4v) is 5.29. The summed E-state index contributed by atoms with van der Waals surface area (Å²) in [4.78, 5) is 0. The molecule has 19 heavy (non-hydrogen) atoms. The molecular weight excluding hydrogens is 236 g/mol. The Bertz CT molecular complexity index is 361. The van der Waals surface area contributed by atoms with Gasteiger partial charge in [0.25, 0.3) is 0 Å². The topological polar surface area (TPSA) is 56.0 Å². The molecule has 0 aliphatic heterocycles. The van der Waals surface area contributed by atoms with E-state index in [9.17, 15) is 10.4 Å². The van der Waals surface area contributed by atoms with E-state index in [-0.39, 0.29) is 23.6 Å². The van der Waals surface area contributed by atoms with Crippen molar-refractivity contribution in [3.63, 3.8) is 0 Å². The fourth-order valence-electron chi connectivity index (χ4n) is 5.29. The molecule has 0 saturated heterocycles. The lowest BCUT2D eigenvalue weighted by Gasteiger charge is -2.58. The van der Waals surface area contributed by atoms with Crippen LogP contribution in [0, 0.1) is 34.5 Å². The number of nitriles is 1. The van der Waals surface area contributed by atoms with Gasteiger partial charge in [0.2, 0.25) is 0 Å². The van der Waals surface area contributed by atoms with Crippen LogP contribution in [0.5, 0.6) is 0 Å². The summed E-state index contributed by atoms with van der Waals surface area (Å²) in [5.74, 6) is 2.59. The van der Waals surface area contributed by atoms with Gasteiger partial charge in [0.05, 0.1) is 12.7 Å². The van der Waals surface area contributed by atoms with Gasteiger partial charge in [-0.1, -0.05) is 0 Å². The zero-order valence-electron chi connectivity index (χ0n) is 12.2. The number of aliphatic hydroxyl groups is 1. The summed E-state index contributed by atoms with van der Waals surface area (Å²) in [5, 5.41) is 22.5. The minimum absolute atomic E-state index is 0.0809. The van der Waals surface area contributed by atoms with Crippen molar-refractivity contribution in [1.29, 1.82) is 5.26 Å². The summed E-state index contributed by atoms with van der Waals surface area (Å²) in [5.41, 5.74) is -0.167. The third kappa shape index (κ3) is 2.30. The van der Waals surface area contributed by atoms with Gasteiger partial charge in [-0.25, -0.2) is 0 Å². The van der Waals surface area contributed by atoms with E-state index in [4.69, 9.17) is 0 Å². The SMILES string of the molecule is CC(C)(CO)NC(C#N)C12CC3CC(CC(C3)C1)C2. The lowest BCUT2D eigenvalue weighted by Crippen LogP contribution is -2.60. The van der Waals surface area contributed by atoms with E-state index in [1.54, 1.807) is 0 Å². The van der Waals surface area contributed by atoms with E-state index in [0.29, 0.717) is 0 Å². The number of aliphatic hydroxyl groups excluding tert-OH is 1. The van der Waals surface area contributed by atoms with Crippen LogP contribution in [-0.2, 0) is 0 Å². The second-order valence-electron chi connectivity index (χ2n) is 8.03. The molecule has 106 valence electrons. The lowest BCUT2D eigenvalue weighted by molar-refractivity contribution is -0.0687. The van der Waals surface area contributed by atoms with Gasteiger partial charge in [-0.15, -0.1) is 0 Å². The van der Waals surface area contributed by atoms with Crippen LogP contribution < -0.4 is 5.32 Å². The molecule has 1 unspecified atom stereocenters. The van der Waals surface area contributed by atoms with Gasteiger partial charge < -0.3 is 5.11 Å². The lowest BCUT2D eigenvalue weighted by atomic mass is 9.47. The van der Waals surface area contributed by atoms with Gasteiger partial charge >= 0.3 is 0 Å². The van der Waals surface area contributed by atoms with Crippen molar-refractivity contribution in [1.82, 2.24) is 5.32 Å². The van der Waals surface area contributed by atoms with Crippen LogP contribution in [0.3, 0.4) is 0 Å². The minimum Gasteiger partial charge on any atom is -0.394 e. The quantitative estimate of drug-likeness (QED) is 0.818. The third-order valence-electron chi connectivity index (χ3n) is 5.76. The van der Waals surface area contributed by atoms with E-state index >= 15 is 0 Å². The van der Waals surface area contributed by atoms with Crippen molar-refractivity contribution in [3.05, 3.63) is 0 Å². The molecule has 3 nitrogen and oxygen atoms in total. The normalized spacial score (nSPS) is 42.1. The summed E-state index contributed by atoms with van der Waals surface area (Å²) in [7, 11) is 0. The molecule has 4 saturated carbocycles.